The first-order chi connectivity index (χ1) is 15.5. The number of hydrogen-bond donors (Lipinski definition) is 0. The van der Waals surface area contributed by atoms with E-state index >= 15 is 0 Å². The number of methoxy groups -OCH3 is 1. The zero-order valence-corrected chi connectivity index (χ0v) is 18.5. The van der Waals surface area contributed by atoms with E-state index in [1.165, 1.54) is 0 Å². The van der Waals surface area contributed by atoms with Gasteiger partial charge in [0.05, 0.1) is 7.11 Å². The first kappa shape index (κ1) is 20.2. The van der Waals surface area contributed by atoms with Gasteiger partial charge in [0.25, 0.3) is 0 Å². The predicted octanol–water partition coefficient (Wildman–Crippen LogP) is 5.37. The van der Waals surface area contributed by atoms with Crippen LogP contribution in [0.2, 0.25) is 0 Å². The number of ether oxygens (including phenoxy) is 2. The molecule has 5 nitrogen and oxygen atoms in total. The topological polar surface area (TPSA) is 51.9 Å². The standard InChI is InChI=1S/C27H25NO4/c1-17-23-13-20-15-28(21-10-7-11-22(14-21)30-3)16-31-25(20)18(2)26(23)32-27(29)24(17)12-19-8-5-4-6-9-19/h4-11,13-14H,12,15-16H2,1-3H3. The fourth-order valence-electron chi connectivity index (χ4n) is 4.42. The zero-order valence-electron chi connectivity index (χ0n) is 18.5. The van der Waals surface area contributed by atoms with Crippen molar-refractivity contribution in [2.45, 2.75) is 26.8 Å². The summed E-state index contributed by atoms with van der Waals surface area (Å²) in [7, 11) is 1.67. The number of benzene rings is 3. The van der Waals surface area contributed by atoms with Crippen LogP contribution in [0.15, 0.2) is 69.9 Å². The summed E-state index contributed by atoms with van der Waals surface area (Å²) in [5, 5.41) is 0.961. The van der Waals surface area contributed by atoms with E-state index in [1.807, 2.05) is 68.4 Å². The van der Waals surface area contributed by atoms with Gasteiger partial charge < -0.3 is 18.8 Å². The molecule has 1 aromatic heterocycles. The Bertz CT molecular complexity index is 1360. The van der Waals surface area contributed by atoms with E-state index in [2.05, 4.69) is 11.0 Å². The van der Waals surface area contributed by atoms with E-state index in [9.17, 15) is 4.79 Å². The van der Waals surface area contributed by atoms with Gasteiger partial charge in [0.15, 0.2) is 6.73 Å². The summed E-state index contributed by atoms with van der Waals surface area (Å²) in [6.45, 7) is 5.09. The molecule has 5 rings (SSSR count). The van der Waals surface area contributed by atoms with E-state index in [0.717, 1.165) is 44.8 Å². The Morgan fingerprint density at radius 3 is 2.59 bits per heavy atom. The van der Waals surface area contributed by atoms with E-state index in [-0.39, 0.29) is 5.63 Å². The van der Waals surface area contributed by atoms with Crippen LogP contribution in [0.3, 0.4) is 0 Å². The fourth-order valence-corrected chi connectivity index (χ4v) is 4.42. The minimum absolute atomic E-state index is 0.282. The third-order valence-corrected chi connectivity index (χ3v) is 6.20. The van der Waals surface area contributed by atoms with Crippen LogP contribution >= 0.6 is 0 Å². The summed E-state index contributed by atoms with van der Waals surface area (Å²) in [5.41, 5.74) is 6.06. The van der Waals surface area contributed by atoms with Crippen molar-refractivity contribution < 1.29 is 13.9 Å². The Kier molecular flexibility index (Phi) is 5.10. The third kappa shape index (κ3) is 3.50. The Morgan fingerprint density at radius 1 is 1.00 bits per heavy atom. The summed E-state index contributed by atoms with van der Waals surface area (Å²) < 4.78 is 17.3. The van der Waals surface area contributed by atoms with Crippen molar-refractivity contribution in [3.63, 3.8) is 0 Å². The lowest BCUT2D eigenvalue weighted by molar-refractivity contribution is 0.287. The van der Waals surface area contributed by atoms with Gasteiger partial charge in [0.2, 0.25) is 0 Å². The molecule has 0 fully saturated rings. The number of anilines is 1. The van der Waals surface area contributed by atoms with Gasteiger partial charge in [0, 0.05) is 46.8 Å². The molecule has 0 amide bonds. The minimum atomic E-state index is -0.282. The number of rotatable bonds is 4. The average Bonchev–Trinajstić information content (AvgIpc) is 2.83. The monoisotopic (exact) mass is 427 g/mol. The molecule has 0 bridgehead atoms. The molecule has 0 unspecified atom stereocenters. The first-order valence-electron chi connectivity index (χ1n) is 10.7. The highest BCUT2D eigenvalue weighted by Gasteiger charge is 2.24. The molecular formula is C27H25NO4. The Morgan fingerprint density at radius 2 is 1.81 bits per heavy atom. The van der Waals surface area contributed by atoms with Crippen LogP contribution in [0, 0.1) is 13.8 Å². The average molecular weight is 428 g/mol. The molecule has 0 radical (unpaired) electrons. The number of fused-ring (bicyclic) bond motifs is 2. The molecule has 0 saturated carbocycles. The van der Waals surface area contributed by atoms with Gasteiger partial charge in [0.1, 0.15) is 17.1 Å². The molecular weight excluding hydrogens is 402 g/mol. The van der Waals surface area contributed by atoms with Crippen molar-refractivity contribution >= 4 is 16.7 Å². The highest BCUT2D eigenvalue weighted by molar-refractivity contribution is 5.87. The number of aryl methyl sites for hydroxylation is 2. The molecule has 0 aliphatic carbocycles. The van der Waals surface area contributed by atoms with Gasteiger partial charge in [-0.2, -0.15) is 0 Å². The minimum Gasteiger partial charge on any atom is -0.497 e. The molecule has 5 heteroatoms. The Hall–Kier alpha value is -3.73. The van der Waals surface area contributed by atoms with Gasteiger partial charge in [-0.1, -0.05) is 36.4 Å². The molecule has 32 heavy (non-hydrogen) atoms. The van der Waals surface area contributed by atoms with Crippen molar-refractivity contribution in [3.05, 3.63) is 98.9 Å². The molecule has 2 heterocycles. The molecule has 0 N–H and O–H groups in total. The Balaban J connectivity index is 1.58. The fraction of sp³-hybridized carbons (Fsp3) is 0.222. The van der Waals surface area contributed by atoms with Gasteiger partial charge in [-0.05, 0) is 43.2 Å². The van der Waals surface area contributed by atoms with Gasteiger partial charge in [-0.25, -0.2) is 4.79 Å². The van der Waals surface area contributed by atoms with Crippen LogP contribution in [0.5, 0.6) is 11.5 Å². The van der Waals surface area contributed by atoms with Crippen molar-refractivity contribution in [1.29, 1.82) is 0 Å². The molecule has 0 saturated heterocycles. The van der Waals surface area contributed by atoms with Crippen LogP contribution in [0.4, 0.5) is 5.69 Å². The molecule has 3 aromatic carbocycles. The molecule has 1 aliphatic rings. The van der Waals surface area contributed by atoms with Crippen molar-refractivity contribution in [2.24, 2.45) is 0 Å². The second-order valence-electron chi connectivity index (χ2n) is 8.19. The van der Waals surface area contributed by atoms with Gasteiger partial charge >= 0.3 is 5.63 Å². The van der Waals surface area contributed by atoms with E-state index in [0.29, 0.717) is 30.8 Å². The quantitative estimate of drug-likeness (QED) is 0.410. The normalized spacial score (nSPS) is 13.0. The maximum atomic E-state index is 12.8. The van der Waals surface area contributed by atoms with Crippen LogP contribution < -0.4 is 20.0 Å². The number of nitrogens with zero attached hydrogens (tertiary/aromatic N) is 1. The lowest BCUT2D eigenvalue weighted by Gasteiger charge is -2.32. The van der Waals surface area contributed by atoms with Crippen LogP contribution in [-0.4, -0.2) is 13.8 Å². The third-order valence-electron chi connectivity index (χ3n) is 6.20. The molecule has 162 valence electrons. The first-order valence-corrected chi connectivity index (χ1v) is 10.7. The molecule has 0 atom stereocenters. The zero-order chi connectivity index (χ0) is 22.2. The summed E-state index contributed by atoms with van der Waals surface area (Å²) in [6, 6.07) is 20.1. The molecule has 4 aromatic rings. The van der Waals surface area contributed by atoms with Crippen molar-refractivity contribution in [3.8, 4) is 11.5 Å². The van der Waals surface area contributed by atoms with Crippen LogP contribution in [-0.2, 0) is 13.0 Å². The highest BCUT2D eigenvalue weighted by atomic mass is 16.5. The summed E-state index contributed by atoms with van der Waals surface area (Å²) in [4.78, 5) is 15.0. The highest BCUT2D eigenvalue weighted by Crippen LogP contribution is 2.37. The smallest absolute Gasteiger partial charge is 0.340 e. The van der Waals surface area contributed by atoms with E-state index in [1.54, 1.807) is 7.11 Å². The maximum absolute atomic E-state index is 12.8. The van der Waals surface area contributed by atoms with Crippen molar-refractivity contribution in [1.82, 2.24) is 0 Å². The van der Waals surface area contributed by atoms with Crippen LogP contribution in [0.1, 0.15) is 27.8 Å². The Labute approximate surface area is 186 Å². The molecule has 1 aliphatic heterocycles. The van der Waals surface area contributed by atoms with E-state index in [4.69, 9.17) is 13.9 Å². The lowest BCUT2D eigenvalue weighted by atomic mass is 9.96. The van der Waals surface area contributed by atoms with Gasteiger partial charge in [-0.15, -0.1) is 0 Å². The lowest BCUT2D eigenvalue weighted by Crippen LogP contribution is -2.32. The predicted molar refractivity (Wildman–Crippen MR) is 126 cm³/mol. The SMILES string of the molecule is COc1cccc(N2COc3c(cc4c(C)c(Cc5ccccc5)c(=O)oc4c3C)C2)c1. The van der Waals surface area contributed by atoms with Gasteiger partial charge in [-0.3, -0.25) is 0 Å². The van der Waals surface area contributed by atoms with E-state index < -0.39 is 0 Å². The summed E-state index contributed by atoms with van der Waals surface area (Å²) >= 11 is 0. The van der Waals surface area contributed by atoms with Crippen LogP contribution in [0.25, 0.3) is 11.0 Å². The largest absolute Gasteiger partial charge is 0.497 e. The second kappa shape index (κ2) is 8.08. The van der Waals surface area contributed by atoms with Crippen molar-refractivity contribution in [2.75, 3.05) is 18.7 Å². The maximum Gasteiger partial charge on any atom is 0.340 e. The second-order valence-corrected chi connectivity index (χ2v) is 8.19. The number of hydrogen-bond acceptors (Lipinski definition) is 5. The summed E-state index contributed by atoms with van der Waals surface area (Å²) in [5.74, 6) is 1.61. The molecule has 0 spiro atoms. The summed E-state index contributed by atoms with van der Waals surface area (Å²) in [6.07, 6.45) is 0.549.